The Kier molecular flexibility index (Phi) is 8.53. The third-order valence-electron chi connectivity index (χ3n) is 12.2. The Bertz CT molecular complexity index is 2100. The van der Waals surface area contributed by atoms with E-state index >= 15 is 0 Å². The Morgan fingerprint density at radius 2 is 1.79 bits per heavy atom. The van der Waals surface area contributed by atoms with Crippen LogP contribution in [0.5, 0.6) is 5.75 Å². The van der Waals surface area contributed by atoms with Gasteiger partial charge in [-0.1, -0.05) is 43.2 Å². The lowest BCUT2D eigenvalue weighted by Gasteiger charge is -2.36. The van der Waals surface area contributed by atoms with E-state index in [0.717, 1.165) is 29.3 Å². The minimum Gasteiger partial charge on any atom is -0.483 e. The zero-order valence-corrected chi connectivity index (χ0v) is 31.3. The number of para-hydroxylation sites is 1. The molecule has 3 N–H and O–H groups in total. The van der Waals surface area contributed by atoms with Crippen LogP contribution in [0.25, 0.3) is 10.9 Å². The van der Waals surface area contributed by atoms with Gasteiger partial charge in [0.25, 0.3) is 5.91 Å². The molecular formula is C37H47N5O8S2. The lowest BCUT2D eigenvalue weighted by molar-refractivity contribution is -0.141. The number of allylic oxidation sites excluding steroid dienone is 1. The lowest BCUT2D eigenvalue weighted by atomic mass is 9.87. The molecule has 5 atom stereocenters. The van der Waals surface area contributed by atoms with Gasteiger partial charge in [0.2, 0.25) is 31.9 Å². The molecule has 1 saturated heterocycles. The van der Waals surface area contributed by atoms with Crippen LogP contribution in [0.3, 0.4) is 0 Å². The summed E-state index contributed by atoms with van der Waals surface area (Å²) in [7, 11) is -7.74. The van der Waals surface area contributed by atoms with Gasteiger partial charge in [-0.05, 0) is 84.1 Å². The first-order chi connectivity index (χ1) is 24.7. The van der Waals surface area contributed by atoms with Crippen LogP contribution >= 0.6 is 0 Å². The third kappa shape index (κ3) is 6.29. The molecule has 3 amide bonds. The van der Waals surface area contributed by atoms with E-state index in [4.69, 9.17) is 9.72 Å². The number of fused-ring (bicyclic) bond motifs is 5. The average molecular weight is 754 g/mol. The largest absolute Gasteiger partial charge is 0.483 e. The number of aromatic nitrogens is 1. The molecular weight excluding hydrogens is 707 g/mol. The highest BCUT2D eigenvalue weighted by molar-refractivity contribution is 7.91. The highest BCUT2D eigenvalue weighted by Crippen LogP contribution is 2.49. The topological polar surface area (TPSA) is 181 Å². The molecule has 0 unspecified atom stereocenters. The predicted molar refractivity (Wildman–Crippen MR) is 193 cm³/mol. The Morgan fingerprint density at radius 3 is 2.54 bits per heavy atom. The summed E-state index contributed by atoms with van der Waals surface area (Å²) in [4.78, 5) is 49.3. The van der Waals surface area contributed by atoms with Crippen molar-refractivity contribution in [2.75, 3.05) is 6.54 Å². The number of hydrogen-bond acceptors (Lipinski definition) is 9. The first kappa shape index (κ1) is 35.5. The first-order valence-corrected chi connectivity index (χ1v) is 21.6. The maximum Gasteiger partial charge on any atom is 0.259 e. The number of aryl methyl sites for hydroxylation is 2. The smallest absolute Gasteiger partial charge is 0.259 e. The summed E-state index contributed by atoms with van der Waals surface area (Å²) < 4.78 is 63.5. The summed E-state index contributed by atoms with van der Waals surface area (Å²) in [6.07, 6.45) is 10.3. The molecule has 3 aliphatic heterocycles. The fourth-order valence-corrected chi connectivity index (χ4v) is 11.2. The van der Waals surface area contributed by atoms with Crippen molar-refractivity contribution >= 4 is 48.7 Å². The van der Waals surface area contributed by atoms with Crippen molar-refractivity contribution in [3.05, 3.63) is 47.7 Å². The summed E-state index contributed by atoms with van der Waals surface area (Å²) in [5, 5.41) is 3.37. The second-order valence-electron chi connectivity index (χ2n) is 16.1. The summed E-state index contributed by atoms with van der Waals surface area (Å²) in [6, 6.07) is 5.66. The fraction of sp³-hybridized carbons (Fsp3) is 0.622. The number of pyridine rings is 1. The number of hydrogen-bond donors (Lipinski definition) is 3. The number of nitrogens with zero attached hydrogens (tertiary/aromatic N) is 2. The molecule has 6 aliphatic rings. The summed E-state index contributed by atoms with van der Waals surface area (Å²) >= 11 is 0. The number of carbonyl (C=O) groups excluding carboxylic acids is 3. The Labute approximate surface area is 304 Å². The summed E-state index contributed by atoms with van der Waals surface area (Å²) in [5.74, 6) is -1.71. The van der Waals surface area contributed by atoms with Crippen LogP contribution in [0.15, 0.2) is 36.4 Å². The van der Waals surface area contributed by atoms with Gasteiger partial charge in [-0.15, -0.1) is 0 Å². The van der Waals surface area contributed by atoms with Crippen LogP contribution in [-0.4, -0.2) is 84.2 Å². The van der Waals surface area contributed by atoms with Gasteiger partial charge in [-0.25, -0.2) is 26.5 Å². The van der Waals surface area contributed by atoms with Crippen LogP contribution < -0.4 is 19.5 Å². The maximum absolute atomic E-state index is 14.6. The summed E-state index contributed by atoms with van der Waals surface area (Å²) in [6.45, 7) is 3.50. The number of ether oxygens (including phenoxy) is 1. The highest BCUT2D eigenvalue weighted by atomic mass is 32.2. The van der Waals surface area contributed by atoms with Gasteiger partial charge >= 0.3 is 0 Å². The van der Waals surface area contributed by atoms with Gasteiger partial charge in [0.15, 0.2) is 0 Å². The molecule has 8 rings (SSSR count). The molecule has 3 saturated carbocycles. The van der Waals surface area contributed by atoms with Crippen molar-refractivity contribution in [2.45, 2.75) is 131 Å². The summed E-state index contributed by atoms with van der Waals surface area (Å²) in [5.41, 5.74) is 0.0672. The minimum absolute atomic E-state index is 0.0343. The number of nitrogens with one attached hydrogen (secondary N) is 3. The molecule has 2 aromatic rings. The zero-order valence-electron chi connectivity index (χ0n) is 29.6. The highest BCUT2D eigenvalue weighted by Gasteiger charge is 2.64. The van der Waals surface area contributed by atoms with Crippen LogP contribution in [0.1, 0.15) is 95.2 Å². The molecule has 13 nitrogen and oxygen atoms in total. The van der Waals surface area contributed by atoms with Crippen molar-refractivity contribution < 1.29 is 36.0 Å². The normalized spacial score (nSPS) is 32.3. The maximum atomic E-state index is 14.6. The van der Waals surface area contributed by atoms with E-state index in [-0.39, 0.29) is 25.8 Å². The second kappa shape index (κ2) is 12.5. The average Bonchev–Trinajstić information content (AvgIpc) is 4.02. The standard InChI is InChI=1S/C37H47N5O8S2/c1-23-31-27(26-11-8-9-12-28(26)38-23)16-17-36(50-31)21-30-32(43)39-37(34(45)41-52(48,49)35(2)18-19-35)20-24(37)10-6-4-3-5-7-13-29(33(44)42(30)22-36)40-51(46,47)25-14-15-25/h6,8-12,24-25,29-30,40H,3-5,7,13-22H2,1-2H3,(H,39,43)(H,41,45)/b10-6-/t24-,29+,30+,36-,37-/m1/s1. The van der Waals surface area contributed by atoms with E-state index in [0.29, 0.717) is 62.8 Å². The molecule has 15 heteroatoms. The van der Waals surface area contributed by atoms with Crippen molar-refractivity contribution in [1.82, 2.24) is 24.6 Å². The van der Waals surface area contributed by atoms with E-state index in [2.05, 4.69) is 14.8 Å². The van der Waals surface area contributed by atoms with Gasteiger partial charge in [0.05, 0.1) is 27.8 Å². The third-order valence-corrected chi connectivity index (χ3v) is 16.3. The van der Waals surface area contributed by atoms with E-state index in [1.165, 1.54) is 4.90 Å². The fourth-order valence-electron chi connectivity index (χ4n) is 8.29. The molecule has 0 bridgehead atoms. The number of benzene rings is 1. The van der Waals surface area contributed by atoms with Gasteiger partial charge in [-0.3, -0.25) is 19.1 Å². The Morgan fingerprint density at radius 1 is 1.02 bits per heavy atom. The van der Waals surface area contributed by atoms with Crippen LogP contribution in [-0.2, 0) is 40.9 Å². The molecule has 1 aromatic heterocycles. The van der Waals surface area contributed by atoms with Crippen molar-refractivity contribution in [3.8, 4) is 5.75 Å². The Hall–Kier alpha value is -3.56. The molecule has 3 aliphatic carbocycles. The van der Waals surface area contributed by atoms with Gasteiger partial charge in [0, 0.05) is 23.3 Å². The molecule has 4 heterocycles. The van der Waals surface area contributed by atoms with Crippen molar-refractivity contribution in [2.24, 2.45) is 5.92 Å². The van der Waals surface area contributed by atoms with E-state index in [9.17, 15) is 31.2 Å². The molecule has 4 fully saturated rings. The van der Waals surface area contributed by atoms with Crippen LogP contribution in [0, 0.1) is 12.8 Å². The van der Waals surface area contributed by atoms with Crippen molar-refractivity contribution in [3.63, 3.8) is 0 Å². The number of rotatable bonds is 6. The van der Waals surface area contributed by atoms with Crippen LogP contribution in [0.4, 0.5) is 0 Å². The molecule has 280 valence electrons. The van der Waals surface area contributed by atoms with Crippen molar-refractivity contribution in [1.29, 1.82) is 0 Å². The van der Waals surface area contributed by atoms with Gasteiger partial charge in [-0.2, -0.15) is 0 Å². The van der Waals surface area contributed by atoms with E-state index < -0.39 is 76.9 Å². The number of sulfonamides is 2. The minimum atomic E-state index is -3.98. The number of carbonyl (C=O) groups is 3. The first-order valence-electron chi connectivity index (χ1n) is 18.6. The monoisotopic (exact) mass is 753 g/mol. The molecule has 1 aromatic carbocycles. The SMILES string of the molecule is Cc1nc2ccccc2c2c1O[C@]1(CC2)C[C@H]2C(=O)N[C@]3(C(=O)NS(=O)(=O)C4(C)CC4)C[C@H]3/C=C\CCCCC[C@H](NS(=O)(=O)C3CC3)C(=O)N2C1. The molecule has 0 radical (unpaired) electrons. The lowest BCUT2D eigenvalue weighted by Crippen LogP contribution is -2.58. The molecule has 52 heavy (non-hydrogen) atoms. The van der Waals surface area contributed by atoms with Gasteiger partial charge in [0.1, 0.15) is 29.0 Å². The Balaban J connectivity index is 1.14. The molecule has 1 spiro atoms. The van der Waals surface area contributed by atoms with Crippen LogP contribution in [0.2, 0.25) is 0 Å². The number of amides is 3. The quantitative estimate of drug-likeness (QED) is 0.374. The van der Waals surface area contributed by atoms with Gasteiger partial charge < -0.3 is 15.0 Å². The second-order valence-corrected chi connectivity index (χ2v) is 20.3. The van der Waals surface area contributed by atoms with E-state index in [1.807, 2.05) is 43.3 Å². The zero-order chi connectivity index (χ0) is 36.7. The van der Waals surface area contributed by atoms with E-state index in [1.54, 1.807) is 6.92 Å². The predicted octanol–water partition coefficient (Wildman–Crippen LogP) is 3.05.